The van der Waals surface area contributed by atoms with Crippen LogP contribution in [0.4, 0.5) is 0 Å². The van der Waals surface area contributed by atoms with Crippen molar-refractivity contribution in [3.63, 3.8) is 0 Å². The van der Waals surface area contributed by atoms with Gasteiger partial charge in [0.1, 0.15) is 0 Å². The molecule has 61 valence electrons. The van der Waals surface area contributed by atoms with E-state index in [4.69, 9.17) is 0 Å². The normalized spacial score (nSPS) is 10.2. The molecule has 0 saturated heterocycles. The van der Waals surface area contributed by atoms with Crippen LogP contribution in [-0.2, 0) is 0 Å². The molecule has 0 aromatic carbocycles. The van der Waals surface area contributed by atoms with Crippen molar-refractivity contribution in [2.24, 2.45) is 0 Å². The third-order valence-corrected chi connectivity index (χ3v) is 1.33. The minimum absolute atomic E-state index is 1.04. The van der Waals surface area contributed by atoms with Gasteiger partial charge in [0.15, 0.2) is 0 Å². The molecule has 0 aromatic heterocycles. The van der Waals surface area contributed by atoms with Gasteiger partial charge in [-0.1, -0.05) is 20.3 Å². The Morgan fingerprint density at radius 1 is 1.10 bits per heavy atom. The van der Waals surface area contributed by atoms with Gasteiger partial charge in [-0.05, 0) is 19.5 Å². The number of nitrogens with one attached hydrogen (secondary N) is 2. The molecule has 0 aliphatic rings. The van der Waals surface area contributed by atoms with E-state index in [1.807, 2.05) is 0 Å². The average Bonchev–Trinajstić information content (AvgIpc) is 1.97. The van der Waals surface area contributed by atoms with Crippen LogP contribution in [0, 0.1) is 6.92 Å². The second-order valence-electron chi connectivity index (χ2n) is 2.31. The van der Waals surface area contributed by atoms with Crippen molar-refractivity contribution < 1.29 is 0 Å². The lowest BCUT2D eigenvalue weighted by molar-refractivity contribution is 0.609. The third-order valence-electron chi connectivity index (χ3n) is 1.33. The van der Waals surface area contributed by atoms with Gasteiger partial charge in [0, 0.05) is 13.1 Å². The number of hydrogen-bond donors (Lipinski definition) is 2. The quantitative estimate of drug-likeness (QED) is 0.515. The Labute approximate surface area is 64.4 Å². The summed E-state index contributed by atoms with van der Waals surface area (Å²) in [7, 11) is 0. The molecule has 2 N–H and O–H groups in total. The zero-order valence-corrected chi connectivity index (χ0v) is 6.95. The first-order valence-corrected chi connectivity index (χ1v) is 4.12. The maximum absolute atomic E-state index is 3.76. The van der Waals surface area contributed by atoms with E-state index in [-0.39, 0.29) is 0 Å². The molecule has 1 radical (unpaired) electrons. The summed E-state index contributed by atoms with van der Waals surface area (Å²) in [6, 6.07) is 0. The van der Waals surface area contributed by atoms with Crippen LogP contribution >= 0.6 is 0 Å². The van der Waals surface area contributed by atoms with E-state index in [9.17, 15) is 0 Å². The Hall–Kier alpha value is -0.0800. The van der Waals surface area contributed by atoms with Gasteiger partial charge in [0.05, 0.1) is 0 Å². The Balaban J connectivity index is 2.65. The Morgan fingerprint density at radius 3 is 2.40 bits per heavy atom. The van der Waals surface area contributed by atoms with E-state index in [0.29, 0.717) is 0 Å². The zero-order valence-electron chi connectivity index (χ0n) is 6.95. The fourth-order valence-electron chi connectivity index (χ4n) is 0.729. The van der Waals surface area contributed by atoms with Gasteiger partial charge in [0.2, 0.25) is 0 Å². The molecule has 0 atom stereocenters. The molecule has 0 aromatic rings. The molecule has 2 heteroatoms. The van der Waals surface area contributed by atoms with Gasteiger partial charge in [-0.25, -0.2) is 0 Å². The molecule has 0 saturated carbocycles. The number of likely N-dealkylation sites (N-methyl/N-ethyl adjacent to an activating group) is 1. The molecule has 0 heterocycles. The third kappa shape index (κ3) is 7.92. The lowest BCUT2D eigenvalue weighted by atomic mass is 10.3. The lowest BCUT2D eigenvalue weighted by Crippen LogP contribution is -2.27. The Morgan fingerprint density at radius 2 is 1.80 bits per heavy atom. The topological polar surface area (TPSA) is 24.1 Å². The lowest BCUT2D eigenvalue weighted by Gasteiger charge is -2.02. The smallest absolute Gasteiger partial charge is 0.00767 e. The first kappa shape index (κ1) is 9.92. The molecule has 0 aliphatic heterocycles. The van der Waals surface area contributed by atoms with Crippen molar-refractivity contribution >= 4 is 0 Å². The second kappa shape index (κ2) is 8.92. The number of hydrogen-bond acceptors (Lipinski definition) is 2. The molecule has 0 spiro atoms. The molecular weight excluding hydrogens is 124 g/mol. The molecule has 0 rings (SSSR count). The van der Waals surface area contributed by atoms with Gasteiger partial charge in [-0.2, -0.15) is 0 Å². The van der Waals surface area contributed by atoms with Crippen LogP contribution in [0.5, 0.6) is 0 Å². The monoisotopic (exact) mass is 143 g/mol. The summed E-state index contributed by atoms with van der Waals surface area (Å²) in [4.78, 5) is 0. The van der Waals surface area contributed by atoms with Crippen LogP contribution in [0.1, 0.15) is 19.8 Å². The van der Waals surface area contributed by atoms with E-state index in [1.54, 1.807) is 0 Å². The summed E-state index contributed by atoms with van der Waals surface area (Å²) in [5, 5.41) is 6.57. The fraction of sp³-hybridized carbons (Fsp3) is 0.875. The van der Waals surface area contributed by atoms with Crippen molar-refractivity contribution in [2.45, 2.75) is 19.8 Å². The second-order valence-corrected chi connectivity index (χ2v) is 2.31. The van der Waals surface area contributed by atoms with Crippen molar-refractivity contribution in [3.05, 3.63) is 6.92 Å². The highest BCUT2D eigenvalue weighted by Crippen LogP contribution is 1.79. The molecule has 0 unspecified atom stereocenters. The molecule has 2 nitrogen and oxygen atoms in total. The van der Waals surface area contributed by atoms with Crippen molar-refractivity contribution in [1.82, 2.24) is 10.6 Å². The molecule has 10 heavy (non-hydrogen) atoms. The standard InChI is InChI=1S/C8H19N2/c1-3-5-6-10-8-7-9-4-2/h9-10H,1,3-8H2,2H3. The largest absolute Gasteiger partial charge is 0.316 e. The maximum Gasteiger partial charge on any atom is 0.00767 e. The predicted molar refractivity (Wildman–Crippen MR) is 46.0 cm³/mol. The van der Waals surface area contributed by atoms with Gasteiger partial charge in [-0.3, -0.25) is 0 Å². The first-order valence-electron chi connectivity index (χ1n) is 4.12. The highest BCUT2D eigenvalue weighted by atomic mass is 14.9. The van der Waals surface area contributed by atoms with Crippen LogP contribution in [0.2, 0.25) is 0 Å². The van der Waals surface area contributed by atoms with Gasteiger partial charge < -0.3 is 10.6 Å². The van der Waals surface area contributed by atoms with E-state index in [1.165, 1.54) is 6.42 Å². The molecule has 0 amide bonds. The predicted octanol–water partition coefficient (Wildman–Crippen LogP) is 0.800. The van der Waals surface area contributed by atoms with Gasteiger partial charge >= 0.3 is 0 Å². The van der Waals surface area contributed by atoms with E-state index in [2.05, 4.69) is 24.5 Å². The molecule has 0 fully saturated rings. The minimum atomic E-state index is 1.04. The average molecular weight is 143 g/mol. The van der Waals surface area contributed by atoms with Crippen LogP contribution in [0.3, 0.4) is 0 Å². The van der Waals surface area contributed by atoms with Crippen molar-refractivity contribution in [1.29, 1.82) is 0 Å². The van der Waals surface area contributed by atoms with Crippen LogP contribution in [0.25, 0.3) is 0 Å². The van der Waals surface area contributed by atoms with Crippen molar-refractivity contribution in [3.8, 4) is 0 Å². The van der Waals surface area contributed by atoms with E-state index >= 15 is 0 Å². The molecule has 0 bridgehead atoms. The van der Waals surface area contributed by atoms with Gasteiger partial charge in [0.25, 0.3) is 0 Å². The Kier molecular flexibility index (Phi) is 8.85. The summed E-state index contributed by atoms with van der Waals surface area (Å²) < 4.78 is 0. The number of unbranched alkanes of at least 4 members (excludes halogenated alkanes) is 1. The van der Waals surface area contributed by atoms with Gasteiger partial charge in [-0.15, -0.1) is 0 Å². The number of rotatable bonds is 7. The first-order chi connectivity index (χ1) is 4.91. The Bertz CT molecular complexity index is 47.2. The molecular formula is C8H19N2. The van der Waals surface area contributed by atoms with Crippen LogP contribution < -0.4 is 10.6 Å². The highest BCUT2D eigenvalue weighted by molar-refractivity contribution is 4.51. The van der Waals surface area contributed by atoms with Crippen LogP contribution in [-0.4, -0.2) is 26.2 Å². The fourth-order valence-corrected chi connectivity index (χ4v) is 0.729. The SMILES string of the molecule is [CH2]CCCNCCNCC. The van der Waals surface area contributed by atoms with E-state index in [0.717, 1.165) is 32.6 Å². The van der Waals surface area contributed by atoms with Crippen molar-refractivity contribution in [2.75, 3.05) is 26.2 Å². The van der Waals surface area contributed by atoms with E-state index < -0.39 is 0 Å². The summed E-state index contributed by atoms with van der Waals surface area (Å²) >= 11 is 0. The summed E-state index contributed by atoms with van der Waals surface area (Å²) in [6.45, 7) is 10.2. The molecule has 0 aliphatic carbocycles. The maximum atomic E-state index is 3.76. The minimum Gasteiger partial charge on any atom is -0.316 e. The highest BCUT2D eigenvalue weighted by Gasteiger charge is 1.84. The van der Waals surface area contributed by atoms with Crippen LogP contribution in [0.15, 0.2) is 0 Å². The summed E-state index contributed by atoms with van der Waals surface area (Å²) in [5.41, 5.74) is 0. The summed E-state index contributed by atoms with van der Waals surface area (Å²) in [6.07, 6.45) is 2.22. The summed E-state index contributed by atoms with van der Waals surface area (Å²) in [5.74, 6) is 0. The zero-order chi connectivity index (χ0) is 7.66.